The molecule has 0 bridgehead atoms. The molecule has 4 rings (SSSR count). The third-order valence-corrected chi connectivity index (χ3v) is 4.69. The molecule has 0 amide bonds. The summed E-state index contributed by atoms with van der Waals surface area (Å²) in [6, 6.07) is 26.8. The van der Waals surface area contributed by atoms with Crippen LogP contribution in [-0.4, -0.2) is 18.9 Å². The van der Waals surface area contributed by atoms with Gasteiger partial charge in [-0.2, -0.15) is 8.42 Å². The number of rotatable bonds is 2. The molecule has 1 N–H and O–H groups in total. The van der Waals surface area contributed by atoms with Crippen LogP contribution in [-0.2, 0) is 14.9 Å². The van der Waals surface area contributed by atoms with Gasteiger partial charge in [0, 0.05) is 5.56 Å². The Labute approximate surface area is 151 Å². The highest BCUT2D eigenvalue weighted by atomic mass is 32.2. The predicted molar refractivity (Wildman–Crippen MR) is 98.0 cm³/mol. The summed E-state index contributed by atoms with van der Waals surface area (Å²) in [5, 5.41) is 0. The SMILES string of the molecule is O=C1OC(S(=O)(=O)O)c2ccccc21.c1ccc(-c2ccccc2)cc1. The molecule has 3 aromatic carbocycles. The molecule has 132 valence electrons. The molecule has 1 heterocycles. The van der Waals surface area contributed by atoms with Crippen LogP contribution in [0.15, 0.2) is 84.9 Å². The summed E-state index contributed by atoms with van der Waals surface area (Å²) in [5.41, 5.74) is 1.33. The second-order valence-corrected chi connectivity index (χ2v) is 7.03. The maximum atomic E-state index is 11.1. The third kappa shape index (κ3) is 3.99. The number of cyclic esters (lactones) is 1. The fraction of sp³-hybridized carbons (Fsp3) is 0.0500. The minimum atomic E-state index is -4.39. The normalized spacial score (nSPS) is 15.4. The van der Waals surface area contributed by atoms with Crippen LogP contribution in [0.3, 0.4) is 0 Å². The molecule has 5 nitrogen and oxygen atoms in total. The van der Waals surface area contributed by atoms with Crippen molar-refractivity contribution in [3.05, 3.63) is 96.1 Å². The van der Waals surface area contributed by atoms with Crippen LogP contribution >= 0.6 is 0 Å². The van der Waals surface area contributed by atoms with E-state index in [1.54, 1.807) is 12.1 Å². The van der Waals surface area contributed by atoms with E-state index in [-0.39, 0.29) is 11.1 Å². The first-order valence-corrected chi connectivity index (χ1v) is 9.34. The van der Waals surface area contributed by atoms with Crippen molar-refractivity contribution in [3.8, 4) is 11.1 Å². The summed E-state index contributed by atoms with van der Waals surface area (Å²) in [6.45, 7) is 0. The van der Waals surface area contributed by atoms with Crippen LogP contribution in [0.1, 0.15) is 21.4 Å². The van der Waals surface area contributed by atoms with Gasteiger partial charge < -0.3 is 4.74 Å². The number of fused-ring (bicyclic) bond motifs is 1. The van der Waals surface area contributed by atoms with Crippen LogP contribution < -0.4 is 0 Å². The molecule has 0 aliphatic carbocycles. The fourth-order valence-electron chi connectivity index (χ4n) is 2.60. The maximum absolute atomic E-state index is 11.1. The Bertz CT molecular complexity index is 961. The van der Waals surface area contributed by atoms with Crippen molar-refractivity contribution in [2.24, 2.45) is 0 Å². The zero-order valence-corrected chi connectivity index (χ0v) is 14.5. The standard InChI is InChI=1S/C12H10.C8H6O5S/c1-3-7-11(8-4-1)12-9-5-2-6-10-12;9-7-5-3-1-2-4-6(5)8(13-7)14(10,11)12/h1-10H;1-4,8H,(H,10,11,12). The van der Waals surface area contributed by atoms with Gasteiger partial charge in [-0.25, -0.2) is 4.79 Å². The topological polar surface area (TPSA) is 80.7 Å². The Balaban J connectivity index is 0.000000152. The molecule has 26 heavy (non-hydrogen) atoms. The van der Waals surface area contributed by atoms with E-state index in [0.717, 1.165) is 0 Å². The molecule has 0 saturated carbocycles. The van der Waals surface area contributed by atoms with Crippen LogP contribution in [0, 0.1) is 0 Å². The van der Waals surface area contributed by atoms with E-state index in [2.05, 4.69) is 53.3 Å². The van der Waals surface area contributed by atoms with Crippen molar-refractivity contribution in [1.29, 1.82) is 0 Å². The fourth-order valence-corrected chi connectivity index (χ4v) is 3.33. The Morgan fingerprint density at radius 2 is 1.19 bits per heavy atom. The van der Waals surface area contributed by atoms with Gasteiger partial charge in [0.2, 0.25) is 0 Å². The van der Waals surface area contributed by atoms with E-state index in [1.807, 2.05) is 12.1 Å². The molecular formula is C20H16O5S. The van der Waals surface area contributed by atoms with Crippen LogP contribution in [0.2, 0.25) is 0 Å². The summed E-state index contributed by atoms with van der Waals surface area (Å²) >= 11 is 0. The van der Waals surface area contributed by atoms with Crippen molar-refractivity contribution in [3.63, 3.8) is 0 Å². The van der Waals surface area contributed by atoms with E-state index in [4.69, 9.17) is 4.55 Å². The molecular weight excluding hydrogens is 352 g/mol. The summed E-state index contributed by atoms with van der Waals surface area (Å²) in [6.07, 6.45) is 0. The molecule has 1 unspecified atom stereocenters. The van der Waals surface area contributed by atoms with Gasteiger partial charge >= 0.3 is 16.1 Å². The van der Waals surface area contributed by atoms with Crippen molar-refractivity contribution in [1.82, 2.24) is 0 Å². The second-order valence-electron chi connectivity index (χ2n) is 5.57. The number of hydrogen-bond acceptors (Lipinski definition) is 4. The van der Waals surface area contributed by atoms with Crippen molar-refractivity contribution >= 4 is 16.1 Å². The number of carbonyl (C=O) groups excluding carboxylic acids is 1. The largest absolute Gasteiger partial charge is 0.435 e. The molecule has 0 aromatic heterocycles. The first-order chi connectivity index (χ1) is 12.5. The summed E-state index contributed by atoms with van der Waals surface area (Å²) in [7, 11) is -4.39. The molecule has 0 radical (unpaired) electrons. The minimum Gasteiger partial charge on any atom is -0.435 e. The first-order valence-electron chi connectivity index (χ1n) is 7.83. The Kier molecular flexibility index (Phi) is 5.16. The summed E-state index contributed by atoms with van der Waals surface area (Å²) in [5.74, 6) is -0.733. The molecule has 1 aliphatic heterocycles. The third-order valence-electron chi connectivity index (χ3n) is 3.80. The molecule has 0 spiro atoms. The molecule has 0 saturated heterocycles. The van der Waals surface area contributed by atoms with Gasteiger partial charge in [0.1, 0.15) is 0 Å². The molecule has 1 atom stereocenters. The van der Waals surface area contributed by atoms with E-state index in [1.165, 1.54) is 23.3 Å². The molecule has 6 heteroatoms. The number of esters is 1. The van der Waals surface area contributed by atoms with Gasteiger partial charge in [-0.15, -0.1) is 0 Å². The number of hydrogen-bond donors (Lipinski definition) is 1. The van der Waals surface area contributed by atoms with Crippen molar-refractivity contribution in [2.75, 3.05) is 0 Å². The van der Waals surface area contributed by atoms with Gasteiger partial charge in [-0.3, -0.25) is 4.55 Å². The highest BCUT2D eigenvalue weighted by Crippen LogP contribution is 2.33. The lowest BCUT2D eigenvalue weighted by Gasteiger charge is -2.05. The molecule has 3 aromatic rings. The Morgan fingerprint density at radius 1 is 0.731 bits per heavy atom. The van der Waals surface area contributed by atoms with Crippen LogP contribution in [0.5, 0.6) is 0 Å². The highest BCUT2D eigenvalue weighted by molar-refractivity contribution is 7.85. The van der Waals surface area contributed by atoms with E-state index >= 15 is 0 Å². The average Bonchev–Trinajstić information content (AvgIpc) is 3.01. The highest BCUT2D eigenvalue weighted by Gasteiger charge is 2.38. The smallest absolute Gasteiger partial charge is 0.340 e. The van der Waals surface area contributed by atoms with Crippen molar-refractivity contribution < 1.29 is 22.5 Å². The van der Waals surface area contributed by atoms with Crippen LogP contribution in [0.4, 0.5) is 0 Å². The van der Waals surface area contributed by atoms with Gasteiger partial charge in [-0.05, 0) is 17.2 Å². The van der Waals surface area contributed by atoms with Gasteiger partial charge in [0.15, 0.2) is 0 Å². The predicted octanol–water partition coefficient (Wildman–Crippen LogP) is 4.10. The zero-order chi connectivity index (χ0) is 18.6. The van der Waals surface area contributed by atoms with Gasteiger partial charge in [0.25, 0.3) is 5.44 Å². The van der Waals surface area contributed by atoms with E-state index in [9.17, 15) is 13.2 Å². The lowest BCUT2D eigenvalue weighted by molar-refractivity contribution is 0.0497. The number of carbonyl (C=O) groups is 1. The van der Waals surface area contributed by atoms with Crippen LogP contribution in [0.25, 0.3) is 11.1 Å². The van der Waals surface area contributed by atoms with Crippen molar-refractivity contribution in [2.45, 2.75) is 5.44 Å². The van der Waals surface area contributed by atoms with E-state index < -0.39 is 21.5 Å². The first kappa shape index (κ1) is 17.8. The summed E-state index contributed by atoms with van der Waals surface area (Å²) in [4.78, 5) is 11.1. The van der Waals surface area contributed by atoms with Gasteiger partial charge in [-0.1, -0.05) is 78.9 Å². The lowest BCUT2D eigenvalue weighted by Crippen LogP contribution is -2.11. The molecule has 0 fully saturated rings. The quantitative estimate of drug-likeness (QED) is 0.544. The maximum Gasteiger partial charge on any atom is 0.340 e. The van der Waals surface area contributed by atoms with E-state index in [0.29, 0.717) is 0 Å². The van der Waals surface area contributed by atoms with Gasteiger partial charge in [0.05, 0.1) is 5.56 Å². The monoisotopic (exact) mass is 368 g/mol. The zero-order valence-electron chi connectivity index (χ0n) is 13.6. The minimum absolute atomic E-state index is 0.176. The lowest BCUT2D eigenvalue weighted by atomic mass is 10.1. The molecule has 1 aliphatic rings. The number of ether oxygens (including phenoxy) is 1. The Hall–Kier alpha value is -2.96. The second kappa shape index (κ2) is 7.51. The number of benzene rings is 3. The average molecular weight is 368 g/mol. The summed E-state index contributed by atoms with van der Waals surface area (Å²) < 4.78 is 34.9. The Morgan fingerprint density at radius 3 is 1.69 bits per heavy atom.